The molecule has 92 valence electrons. The third kappa shape index (κ3) is 1.85. The van der Waals surface area contributed by atoms with Crippen LogP contribution >= 0.6 is 0 Å². The number of hydrogen-bond acceptors (Lipinski definition) is 2. The minimum atomic E-state index is 0.341. The van der Waals surface area contributed by atoms with Crippen molar-refractivity contribution in [2.24, 2.45) is 0 Å². The molecule has 17 heavy (non-hydrogen) atoms. The Balaban J connectivity index is 1.95. The molecule has 2 bridgehead atoms. The Labute approximate surface area is 103 Å². The third-order valence-electron chi connectivity index (χ3n) is 4.84. The van der Waals surface area contributed by atoms with Crippen molar-refractivity contribution in [1.82, 2.24) is 4.90 Å². The van der Waals surface area contributed by atoms with E-state index in [9.17, 15) is 5.11 Å². The molecular formula is C15H21NO. The third-order valence-corrected chi connectivity index (χ3v) is 4.84. The average molecular weight is 231 g/mol. The average Bonchev–Trinajstić information content (AvgIpc) is 2.35. The Morgan fingerprint density at radius 2 is 2.24 bits per heavy atom. The van der Waals surface area contributed by atoms with Crippen molar-refractivity contribution in [3.8, 4) is 5.75 Å². The zero-order valence-electron chi connectivity index (χ0n) is 10.5. The summed E-state index contributed by atoms with van der Waals surface area (Å²) in [5.74, 6) is 0.415. The molecule has 1 saturated carbocycles. The molecule has 1 heterocycles. The summed E-state index contributed by atoms with van der Waals surface area (Å²) in [7, 11) is 2.25. The van der Waals surface area contributed by atoms with Gasteiger partial charge in [-0.2, -0.15) is 0 Å². The van der Waals surface area contributed by atoms with Crippen LogP contribution in [-0.2, 0) is 5.41 Å². The topological polar surface area (TPSA) is 23.5 Å². The lowest BCUT2D eigenvalue weighted by molar-refractivity contribution is 0.0719. The van der Waals surface area contributed by atoms with Crippen molar-refractivity contribution in [2.75, 3.05) is 13.6 Å². The lowest BCUT2D eigenvalue weighted by atomic mass is 9.63. The molecule has 2 atom stereocenters. The van der Waals surface area contributed by atoms with E-state index in [0.29, 0.717) is 11.2 Å². The van der Waals surface area contributed by atoms with Gasteiger partial charge in [0, 0.05) is 6.04 Å². The maximum absolute atomic E-state index is 9.68. The van der Waals surface area contributed by atoms with Gasteiger partial charge in [0.05, 0.1) is 0 Å². The van der Waals surface area contributed by atoms with Crippen LogP contribution in [0.3, 0.4) is 0 Å². The summed E-state index contributed by atoms with van der Waals surface area (Å²) in [5, 5.41) is 9.68. The van der Waals surface area contributed by atoms with Crippen LogP contribution in [-0.4, -0.2) is 29.6 Å². The Morgan fingerprint density at radius 1 is 1.35 bits per heavy atom. The number of rotatable bonds is 1. The van der Waals surface area contributed by atoms with Gasteiger partial charge in [-0.1, -0.05) is 18.6 Å². The molecule has 1 N–H and O–H groups in total. The number of aromatic hydroxyl groups is 1. The Bertz CT molecular complexity index is 417. The monoisotopic (exact) mass is 231 g/mol. The molecule has 1 aromatic carbocycles. The lowest BCUT2D eigenvalue weighted by Gasteiger charge is -2.49. The maximum Gasteiger partial charge on any atom is 0.115 e. The fourth-order valence-electron chi connectivity index (χ4n) is 3.75. The number of hydrogen-bond donors (Lipinski definition) is 1. The largest absolute Gasteiger partial charge is 0.508 e. The van der Waals surface area contributed by atoms with Gasteiger partial charge < -0.3 is 10.0 Å². The predicted octanol–water partition coefficient (Wildman–Crippen LogP) is 2.91. The van der Waals surface area contributed by atoms with E-state index in [1.165, 1.54) is 44.2 Å². The number of fused-ring (bicyclic) bond motifs is 2. The fourth-order valence-corrected chi connectivity index (χ4v) is 3.75. The summed E-state index contributed by atoms with van der Waals surface area (Å²) in [4.78, 5) is 2.51. The zero-order chi connectivity index (χ0) is 11.9. The van der Waals surface area contributed by atoms with E-state index >= 15 is 0 Å². The van der Waals surface area contributed by atoms with Gasteiger partial charge in [-0.05, 0) is 62.4 Å². The second-order valence-corrected chi connectivity index (χ2v) is 5.81. The van der Waals surface area contributed by atoms with Crippen molar-refractivity contribution in [2.45, 2.75) is 43.6 Å². The molecule has 0 aromatic heterocycles. The molecule has 2 nitrogen and oxygen atoms in total. The van der Waals surface area contributed by atoms with Crippen LogP contribution in [0.4, 0.5) is 0 Å². The SMILES string of the molecule is CN1CC[C@@]2(c3cccc(O)c3)CCC[C@H]1C2. The summed E-state index contributed by atoms with van der Waals surface area (Å²) >= 11 is 0. The van der Waals surface area contributed by atoms with E-state index in [1.54, 1.807) is 6.07 Å². The number of benzene rings is 1. The van der Waals surface area contributed by atoms with Gasteiger partial charge in [0.2, 0.25) is 0 Å². The summed E-state index contributed by atoms with van der Waals surface area (Å²) in [6.45, 7) is 1.19. The van der Waals surface area contributed by atoms with Crippen molar-refractivity contribution < 1.29 is 5.11 Å². The summed E-state index contributed by atoms with van der Waals surface area (Å²) in [6.07, 6.45) is 6.47. The quantitative estimate of drug-likeness (QED) is 0.803. The van der Waals surface area contributed by atoms with Crippen LogP contribution in [0.25, 0.3) is 0 Å². The van der Waals surface area contributed by atoms with Gasteiger partial charge in [-0.15, -0.1) is 0 Å². The summed E-state index contributed by atoms with van der Waals surface area (Å²) < 4.78 is 0. The van der Waals surface area contributed by atoms with Gasteiger partial charge >= 0.3 is 0 Å². The van der Waals surface area contributed by atoms with Gasteiger partial charge in [-0.25, -0.2) is 0 Å². The lowest BCUT2D eigenvalue weighted by Crippen LogP contribution is -2.50. The zero-order valence-corrected chi connectivity index (χ0v) is 10.5. The van der Waals surface area contributed by atoms with Crippen LogP contribution in [0.1, 0.15) is 37.7 Å². The van der Waals surface area contributed by atoms with Crippen LogP contribution in [0.15, 0.2) is 24.3 Å². The van der Waals surface area contributed by atoms with E-state index < -0.39 is 0 Å². The highest BCUT2D eigenvalue weighted by Gasteiger charge is 2.42. The van der Waals surface area contributed by atoms with E-state index in [1.807, 2.05) is 12.1 Å². The molecule has 0 unspecified atom stereocenters. The first-order valence-electron chi connectivity index (χ1n) is 6.69. The summed E-state index contributed by atoms with van der Waals surface area (Å²) in [5.41, 5.74) is 1.70. The van der Waals surface area contributed by atoms with Crippen molar-refractivity contribution in [1.29, 1.82) is 0 Å². The van der Waals surface area contributed by atoms with Crippen molar-refractivity contribution in [3.05, 3.63) is 29.8 Å². The molecule has 0 spiro atoms. The second kappa shape index (κ2) is 4.02. The minimum absolute atomic E-state index is 0.341. The molecule has 1 saturated heterocycles. The minimum Gasteiger partial charge on any atom is -0.508 e. The van der Waals surface area contributed by atoms with Crippen molar-refractivity contribution in [3.63, 3.8) is 0 Å². The highest BCUT2D eigenvalue weighted by molar-refractivity contribution is 5.34. The number of phenols is 1. The number of piperidine rings is 1. The van der Waals surface area contributed by atoms with E-state index in [2.05, 4.69) is 18.0 Å². The fraction of sp³-hybridized carbons (Fsp3) is 0.600. The number of likely N-dealkylation sites (tertiary alicyclic amines) is 1. The first-order chi connectivity index (χ1) is 8.20. The second-order valence-electron chi connectivity index (χ2n) is 5.81. The molecule has 0 radical (unpaired) electrons. The highest BCUT2D eigenvalue weighted by atomic mass is 16.3. The van der Waals surface area contributed by atoms with Crippen molar-refractivity contribution >= 4 is 0 Å². The van der Waals surface area contributed by atoms with Gasteiger partial charge in [0.25, 0.3) is 0 Å². The predicted molar refractivity (Wildman–Crippen MR) is 69.3 cm³/mol. The van der Waals surface area contributed by atoms with Crippen LogP contribution in [0.5, 0.6) is 5.75 Å². The summed E-state index contributed by atoms with van der Waals surface area (Å²) in [6, 6.07) is 8.69. The van der Waals surface area contributed by atoms with Crippen LogP contribution < -0.4 is 0 Å². The molecule has 2 heteroatoms. The normalized spacial score (nSPS) is 33.6. The van der Waals surface area contributed by atoms with Crippen LogP contribution in [0.2, 0.25) is 0 Å². The Hall–Kier alpha value is -1.02. The molecule has 2 aliphatic rings. The maximum atomic E-state index is 9.68. The molecular weight excluding hydrogens is 210 g/mol. The number of phenolic OH excluding ortho intramolecular Hbond substituents is 1. The van der Waals surface area contributed by atoms with E-state index in [4.69, 9.17) is 0 Å². The standard InChI is InChI=1S/C15H21NO/c1-16-9-8-15(7-3-5-13(16)11-15)12-4-2-6-14(17)10-12/h2,4,6,10,13,17H,3,5,7-9,11H2,1H3/t13-,15-/m0/s1. The smallest absolute Gasteiger partial charge is 0.115 e. The molecule has 2 fully saturated rings. The molecule has 3 rings (SSSR count). The molecule has 1 aromatic rings. The molecule has 1 aliphatic carbocycles. The highest BCUT2D eigenvalue weighted by Crippen LogP contribution is 2.46. The number of nitrogens with zero attached hydrogens (tertiary/aromatic N) is 1. The Morgan fingerprint density at radius 3 is 3.06 bits per heavy atom. The van der Waals surface area contributed by atoms with Gasteiger partial charge in [-0.3, -0.25) is 0 Å². The van der Waals surface area contributed by atoms with E-state index in [0.717, 1.165) is 6.04 Å². The Kier molecular flexibility index (Phi) is 2.62. The first-order valence-corrected chi connectivity index (χ1v) is 6.69. The van der Waals surface area contributed by atoms with E-state index in [-0.39, 0.29) is 0 Å². The van der Waals surface area contributed by atoms with Gasteiger partial charge in [0.1, 0.15) is 5.75 Å². The molecule has 0 amide bonds. The first kappa shape index (κ1) is 11.1. The molecule has 1 aliphatic heterocycles. The van der Waals surface area contributed by atoms with Gasteiger partial charge in [0.15, 0.2) is 0 Å². The van der Waals surface area contributed by atoms with Crippen LogP contribution in [0, 0.1) is 0 Å².